The van der Waals surface area contributed by atoms with Gasteiger partial charge < -0.3 is 5.11 Å². The predicted octanol–water partition coefficient (Wildman–Crippen LogP) is 2.53. The molecular weight excluding hydrogens is 314 g/mol. The van der Waals surface area contributed by atoms with Gasteiger partial charge in [0.15, 0.2) is 11.4 Å². The van der Waals surface area contributed by atoms with Gasteiger partial charge in [-0.25, -0.2) is 0 Å². The van der Waals surface area contributed by atoms with Gasteiger partial charge in [-0.05, 0) is 17.7 Å². The molecule has 1 amide bonds. The molecule has 3 rings (SSSR count). The molecule has 1 N–H and O–H groups in total. The number of carbonyl (C=O) groups excluding carboxylic acids is 2. The first-order valence-electron chi connectivity index (χ1n) is 7.89. The van der Waals surface area contributed by atoms with E-state index in [0.29, 0.717) is 11.3 Å². The van der Waals surface area contributed by atoms with E-state index in [1.807, 2.05) is 30.3 Å². The number of aliphatic hydroxyl groups is 1. The van der Waals surface area contributed by atoms with Crippen molar-refractivity contribution in [1.29, 1.82) is 0 Å². The Labute approximate surface area is 146 Å². The molecule has 1 unspecified atom stereocenters. The maximum Gasteiger partial charge on any atom is 0.265 e. The van der Waals surface area contributed by atoms with Crippen molar-refractivity contribution in [3.63, 3.8) is 0 Å². The highest BCUT2D eigenvalue weighted by Gasteiger charge is 2.50. The first-order valence-corrected chi connectivity index (χ1v) is 7.89. The number of nitrogens with zero attached hydrogens (tertiary/aromatic N) is 1. The molecule has 1 heterocycles. The summed E-state index contributed by atoms with van der Waals surface area (Å²) in [5.41, 5.74) is -0.0506. The highest BCUT2D eigenvalue weighted by molar-refractivity contribution is 6.10. The van der Waals surface area contributed by atoms with Crippen molar-refractivity contribution in [2.45, 2.75) is 12.0 Å². The third-order valence-electron chi connectivity index (χ3n) is 4.18. The number of amides is 1. The smallest absolute Gasteiger partial charge is 0.265 e. The van der Waals surface area contributed by atoms with Crippen molar-refractivity contribution >= 4 is 23.5 Å². The first-order chi connectivity index (χ1) is 12.1. The second-order valence-electron chi connectivity index (χ2n) is 5.86. The van der Waals surface area contributed by atoms with E-state index in [1.54, 1.807) is 30.3 Å². The Morgan fingerprint density at radius 3 is 2.56 bits per heavy atom. The number of carbonyl (C=O) groups is 2. The maximum atomic E-state index is 12.7. The number of hydrogen-bond acceptors (Lipinski definition) is 3. The summed E-state index contributed by atoms with van der Waals surface area (Å²) in [6.45, 7) is 0.0478. The normalized spacial score (nSPS) is 19.0. The molecular formula is C21H17NO3. The molecule has 0 aliphatic carbocycles. The highest BCUT2D eigenvalue weighted by atomic mass is 16.3. The molecule has 1 atom stereocenters. The predicted molar refractivity (Wildman–Crippen MR) is 96.6 cm³/mol. The number of para-hydroxylation sites is 1. The van der Waals surface area contributed by atoms with E-state index in [1.165, 1.54) is 11.0 Å². The topological polar surface area (TPSA) is 57.6 Å². The minimum atomic E-state index is -1.88. The fourth-order valence-corrected chi connectivity index (χ4v) is 2.99. The zero-order chi connectivity index (χ0) is 17.9. The zero-order valence-electron chi connectivity index (χ0n) is 13.6. The summed E-state index contributed by atoms with van der Waals surface area (Å²) >= 11 is 0. The molecule has 4 nitrogen and oxygen atoms in total. The van der Waals surface area contributed by atoms with Crippen molar-refractivity contribution in [2.24, 2.45) is 0 Å². The monoisotopic (exact) mass is 331 g/mol. The zero-order valence-corrected chi connectivity index (χ0v) is 13.6. The molecule has 2 aromatic rings. The summed E-state index contributed by atoms with van der Waals surface area (Å²) in [4.78, 5) is 26.4. The summed E-state index contributed by atoms with van der Waals surface area (Å²) in [5.74, 6) is 1.52. The van der Waals surface area contributed by atoms with E-state index < -0.39 is 11.5 Å². The van der Waals surface area contributed by atoms with Crippen LogP contribution in [0.1, 0.15) is 17.5 Å². The molecule has 124 valence electrons. The third kappa shape index (κ3) is 3.10. The van der Waals surface area contributed by atoms with Crippen LogP contribution in [0.25, 0.3) is 6.08 Å². The molecule has 0 aromatic heterocycles. The van der Waals surface area contributed by atoms with Gasteiger partial charge >= 0.3 is 0 Å². The second kappa shape index (κ2) is 6.76. The fraction of sp³-hybridized carbons (Fsp3) is 0.143. The van der Waals surface area contributed by atoms with E-state index in [2.05, 4.69) is 5.92 Å². The Hall–Kier alpha value is -3.16. The number of ketones is 1. The minimum absolute atomic E-state index is 0.0478. The van der Waals surface area contributed by atoms with Crippen LogP contribution in [0.2, 0.25) is 0 Å². The molecule has 25 heavy (non-hydrogen) atoms. The van der Waals surface area contributed by atoms with Gasteiger partial charge in [0, 0.05) is 5.56 Å². The number of hydrogen-bond donors (Lipinski definition) is 1. The molecule has 1 aliphatic rings. The Kier molecular flexibility index (Phi) is 4.51. The van der Waals surface area contributed by atoms with Gasteiger partial charge in [0.25, 0.3) is 5.91 Å². The number of fused-ring (bicyclic) bond motifs is 1. The van der Waals surface area contributed by atoms with E-state index in [4.69, 9.17) is 6.42 Å². The van der Waals surface area contributed by atoms with Crippen LogP contribution >= 0.6 is 0 Å². The maximum absolute atomic E-state index is 12.7. The molecule has 2 aromatic carbocycles. The number of benzene rings is 2. The SMILES string of the molecule is C#CCN1C(=O)C(O)(CC(=O)C=Cc2ccccc2)c2ccccc21. The lowest BCUT2D eigenvalue weighted by Crippen LogP contribution is -2.41. The molecule has 0 fully saturated rings. The van der Waals surface area contributed by atoms with Crippen molar-refractivity contribution in [1.82, 2.24) is 0 Å². The highest BCUT2D eigenvalue weighted by Crippen LogP contribution is 2.42. The van der Waals surface area contributed by atoms with E-state index in [-0.39, 0.29) is 18.7 Å². The molecule has 1 aliphatic heterocycles. The molecule has 0 saturated heterocycles. The van der Waals surface area contributed by atoms with Crippen LogP contribution in [0.15, 0.2) is 60.7 Å². The van der Waals surface area contributed by atoms with Crippen LogP contribution in [0, 0.1) is 12.3 Å². The summed E-state index contributed by atoms with van der Waals surface area (Å²) < 4.78 is 0. The molecule has 4 heteroatoms. The Balaban J connectivity index is 1.86. The van der Waals surface area contributed by atoms with Crippen LogP contribution in [0.4, 0.5) is 5.69 Å². The van der Waals surface area contributed by atoms with E-state index in [0.717, 1.165) is 5.56 Å². The first kappa shape index (κ1) is 16.7. The largest absolute Gasteiger partial charge is 0.375 e. The minimum Gasteiger partial charge on any atom is -0.375 e. The van der Waals surface area contributed by atoms with Gasteiger partial charge in [0.05, 0.1) is 18.7 Å². The van der Waals surface area contributed by atoms with E-state index in [9.17, 15) is 14.7 Å². The number of rotatable bonds is 5. The number of terminal acetylenes is 1. The lowest BCUT2D eigenvalue weighted by molar-refractivity contribution is -0.140. The molecule has 0 saturated carbocycles. The Morgan fingerprint density at radius 1 is 1.16 bits per heavy atom. The van der Waals surface area contributed by atoms with Gasteiger partial charge in [0.2, 0.25) is 0 Å². The lowest BCUT2D eigenvalue weighted by atomic mass is 9.90. The summed E-state index contributed by atoms with van der Waals surface area (Å²) in [5, 5.41) is 11.0. The Bertz CT molecular complexity index is 880. The lowest BCUT2D eigenvalue weighted by Gasteiger charge is -2.21. The summed E-state index contributed by atoms with van der Waals surface area (Å²) in [6, 6.07) is 16.2. The van der Waals surface area contributed by atoms with Crippen molar-refractivity contribution < 1.29 is 14.7 Å². The number of anilines is 1. The average molecular weight is 331 g/mol. The summed E-state index contributed by atoms with van der Waals surface area (Å²) in [6.07, 6.45) is 8.04. The fourth-order valence-electron chi connectivity index (χ4n) is 2.99. The van der Waals surface area contributed by atoms with Gasteiger partial charge in [-0.1, -0.05) is 60.5 Å². The quantitative estimate of drug-likeness (QED) is 0.676. The van der Waals surface area contributed by atoms with Crippen molar-refractivity contribution in [2.75, 3.05) is 11.4 Å². The van der Waals surface area contributed by atoms with Crippen LogP contribution in [-0.4, -0.2) is 23.3 Å². The Morgan fingerprint density at radius 2 is 1.84 bits per heavy atom. The van der Waals surface area contributed by atoms with Crippen LogP contribution in [0.3, 0.4) is 0 Å². The van der Waals surface area contributed by atoms with Crippen molar-refractivity contribution in [3.8, 4) is 12.3 Å². The van der Waals surface area contributed by atoms with Gasteiger partial charge in [-0.2, -0.15) is 0 Å². The summed E-state index contributed by atoms with van der Waals surface area (Å²) in [7, 11) is 0. The molecule has 0 spiro atoms. The van der Waals surface area contributed by atoms with Gasteiger partial charge in [-0.15, -0.1) is 6.42 Å². The van der Waals surface area contributed by atoms with Crippen molar-refractivity contribution in [3.05, 3.63) is 71.8 Å². The third-order valence-corrected chi connectivity index (χ3v) is 4.18. The van der Waals surface area contributed by atoms with Crippen LogP contribution in [-0.2, 0) is 15.2 Å². The average Bonchev–Trinajstić information content (AvgIpc) is 2.83. The standard InChI is InChI=1S/C21H17NO3/c1-2-14-22-19-11-7-6-10-18(19)21(25,20(22)24)15-17(23)13-12-16-8-4-3-5-9-16/h1,3-13,25H,14-15H2. The molecule has 0 bridgehead atoms. The molecule has 0 radical (unpaired) electrons. The van der Waals surface area contributed by atoms with Gasteiger partial charge in [-0.3, -0.25) is 14.5 Å². The van der Waals surface area contributed by atoms with Crippen LogP contribution in [0.5, 0.6) is 0 Å². The number of allylic oxidation sites excluding steroid dienone is 1. The second-order valence-corrected chi connectivity index (χ2v) is 5.86. The van der Waals surface area contributed by atoms with E-state index >= 15 is 0 Å². The van der Waals surface area contributed by atoms with Crippen LogP contribution < -0.4 is 4.90 Å². The van der Waals surface area contributed by atoms with Gasteiger partial charge in [0.1, 0.15) is 0 Å².